The van der Waals surface area contributed by atoms with Crippen molar-refractivity contribution in [3.05, 3.63) is 11.8 Å². The molecule has 2 unspecified atom stereocenters. The SMILES string of the molecule is O=C(NC1CCCCC1CO)C1=CCCCO1. The topological polar surface area (TPSA) is 58.6 Å². The van der Waals surface area contributed by atoms with Gasteiger partial charge in [-0.15, -0.1) is 0 Å². The van der Waals surface area contributed by atoms with Gasteiger partial charge in [0.2, 0.25) is 0 Å². The Labute approximate surface area is 102 Å². The van der Waals surface area contributed by atoms with Crippen molar-refractivity contribution in [3.8, 4) is 0 Å². The van der Waals surface area contributed by atoms with Crippen molar-refractivity contribution in [2.45, 2.75) is 44.6 Å². The molecule has 2 N–H and O–H groups in total. The van der Waals surface area contributed by atoms with Crippen molar-refractivity contribution < 1.29 is 14.6 Å². The second-order valence-electron chi connectivity index (χ2n) is 4.87. The third kappa shape index (κ3) is 3.22. The van der Waals surface area contributed by atoms with E-state index in [0.717, 1.165) is 38.5 Å². The van der Waals surface area contributed by atoms with Crippen LogP contribution in [0.1, 0.15) is 38.5 Å². The molecule has 1 saturated carbocycles. The number of hydrogen-bond acceptors (Lipinski definition) is 3. The zero-order chi connectivity index (χ0) is 12.1. The number of carbonyl (C=O) groups excluding carboxylic acids is 1. The summed E-state index contributed by atoms with van der Waals surface area (Å²) in [4.78, 5) is 11.9. The summed E-state index contributed by atoms with van der Waals surface area (Å²) in [5.74, 6) is 0.547. The van der Waals surface area contributed by atoms with E-state index in [4.69, 9.17) is 4.74 Å². The minimum atomic E-state index is -0.116. The molecule has 0 bridgehead atoms. The van der Waals surface area contributed by atoms with Crippen molar-refractivity contribution in [1.82, 2.24) is 5.32 Å². The Morgan fingerprint density at radius 3 is 2.94 bits per heavy atom. The van der Waals surface area contributed by atoms with Crippen LogP contribution >= 0.6 is 0 Å². The van der Waals surface area contributed by atoms with E-state index < -0.39 is 0 Å². The monoisotopic (exact) mass is 239 g/mol. The maximum Gasteiger partial charge on any atom is 0.286 e. The summed E-state index contributed by atoms with van der Waals surface area (Å²) < 4.78 is 5.34. The Hall–Kier alpha value is -1.03. The van der Waals surface area contributed by atoms with Crippen LogP contribution in [0, 0.1) is 5.92 Å². The highest BCUT2D eigenvalue weighted by Crippen LogP contribution is 2.24. The molecule has 0 aromatic carbocycles. The lowest BCUT2D eigenvalue weighted by Gasteiger charge is -2.31. The summed E-state index contributed by atoms with van der Waals surface area (Å²) >= 11 is 0. The molecule has 1 amide bonds. The fraction of sp³-hybridized carbons (Fsp3) is 0.769. The number of hydrogen-bond donors (Lipinski definition) is 2. The van der Waals surface area contributed by atoms with E-state index in [9.17, 15) is 9.90 Å². The molecule has 2 atom stereocenters. The van der Waals surface area contributed by atoms with Gasteiger partial charge in [0.25, 0.3) is 5.91 Å². The highest BCUT2D eigenvalue weighted by molar-refractivity contribution is 5.91. The molecule has 0 aromatic rings. The molecule has 0 saturated heterocycles. The van der Waals surface area contributed by atoms with E-state index in [1.54, 1.807) is 0 Å². The molecular formula is C13H21NO3. The van der Waals surface area contributed by atoms with Crippen LogP contribution in [0.5, 0.6) is 0 Å². The number of ether oxygens (including phenoxy) is 1. The average molecular weight is 239 g/mol. The maximum atomic E-state index is 11.9. The van der Waals surface area contributed by atoms with Gasteiger partial charge >= 0.3 is 0 Å². The Balaban J connectivity index is 1.90. The van der Waals surface area contributed by atoms with Crippen molar-refractivity contribution in [3.63, 3.8) is 0 Å². The number of allylic oxidation sites excluding steroid dienone is 1. The highest BCUT2D eigenvalue weighted by Gasteiger charge is 2.27. The maximum absolute atomic E-state index is 11.9. The zero-order valence-electron chi connectivity index (χ0n) is 10.2. The standard InChI is InChI=1S/C13H21NO3/c15-9-10-5-1-2-6-11(10)14-13(16)12-7-3-4-8-17-12/h7,10-11,15H,1-6,8-9H2,(H,14,16). The number of amides is 1. The van der Waals surface area contributed by atoms with E-state index in [-0.39, 0.29) is 24.5 Å². The summed E-state index contributed by atoms with van der Waals surface area (Å²) in [6.07, 6.45) is 8.00. The fourth-order valence-electron chi connectivity index (χ4n) is 2.57. The lowest BCUT2D eigenvalue weighted by Crippen LogP contribution is -2.44. The second kappa shape index (κ2) is 6.05. The average Bonchev–Trinajstić information content (AvgIpc) is 2.40. The van der Waals surface area contributed by atoms with Gasteiger partial charge in [-0.25, -0.2) is 0 Å². The summed E-state index contributed by atoms with van der Waals surface area (Å²) in [5, 5.41) is 12.3. The van der Waals surface area contributed by atoms with Crippen LogP contribution in [0.2, 0.25) is 0 Å². The van der Waals surface area contributed by atoms with Gasteiger partial charge in [-0.2, -0.15) is 0 Å². The first kappa shape index (κ1) is 12.4. The molecule has 0 spiro atoms. The molecule has 17 heavy (non-hydrogen) atoms. The second-order valence-corrected chi connectivity index (χ2v) is 4.87. The van der Waals surface area contributed by atoms with Gasteiger partial charge in [0.05, 0.1) is 6.61 Å². The largest absolute Gasteiger partial charge is 0.488 e. The van der Waals surface area contributed by atoms with Gasteiger partial charge in [0.1, 0.15) is 0 Å². The first-order chi connectivity index (χ1) is 8.31. The number of rotatable bonds is 3. The van der Waals surface area contributed by atoms with Crippen LogP contribution in [0.3, 0.4) is 0 Å². The van der Waals surface area contributed by atoms with Gasteiger partial charge in [0, 0.05) is 18.6 Å². The van der Waals surface area contributed by atoms with Gasteiger partial charge in [-0.1, -0.05) is 12.8 Å². The van der Waals surface area contributed by atoms with Crippen molar-refractivity contribution in [1.29, 1.82) is 0 Å². The predicted molar refractivity (Wildman–Crippen MR) is 64.2 cm³/mol. The van der Waals surface area contributed by atoms with Crippen LogP contribution in [0.25, 0.3) is 0 Å². The van der Waals surface area contributed by atoms with Crippen molar-refractivity contribution in [2.24, 2.45) is 5.92 Å². The Kier molecular flexibility index (Phi) is 4.42. The minimum absolute atomic E-state index is 0.104. The summed E-state index contributed by atoms with van der Waals surface area (Å²) in [5.41, 5.74) is 0. The van der Waals surface area contributed by atoms with Crippen LogP contribution < -0.4 is 5.32 Å². The van der Waals surface area contributed by atoms with E-state index in [0.29, 0.717) is 12.4 Å². The lowest BCUT2D eigenvalue weighted by molar-refractivity contribution is -0.122. The number of nitrogens with one attached hydrogen (secondary N) is 1. The van der Waals surface area contributed by atoms with Crippen LogP contribution in [0.4, 0.5) is 0 Å². The van der Waals surface area contributed by atoms with E-state index in [1.807, 2.05) is 6.08 Å². The van der Waals surface area contributed by atoms with Crippen LogP contribution in [-0.2, 0) is 9.53 Å². The molecule has 96 valence electrons. The third-order valence-electron chi connectivity index (χ3n) is 3.62. The summed E-state index contributed by atoms with van der Waals surface area (Å²) in [7, 11) is 0. The van der Waals surface area contributed by atoms with Crippen molar-refractivity contribution >= 4 is 5.91 Å². The first-order valence-electron chi connectivity index (χ1n) is 6.56. The molecule has 4 heteroatoms. The molecule has 1 fully saturated rings. The molecule has 0 aromatic heterocycles. The van der Waals surface area contributed by atoms with Crippen LogP contribution in [-0.4, -0.2) is 30.3 Å². The van der Waals surface area contributed by atoms with Gasteiger partial charge < -0.3 is 15.2 Å². The summed E-state index contributed by atoms with van der Waals surface area (Å²) in [6, 6.07) is 0.104. The van der Waals surface area contributed by atoms with E-state index in [2.05, 4.69) is 5.32 Å². The van der Waals surface area contributed by atoms with Crippen LogP contribution in [0.15, 0.2) is 11.8 Å². The van der Waals surface area contributed by atoms with E-state index >= 15 is 0 Å². The van der Waals surface area contributed by atoms with Gasteiger partial charge in [-0.05, 0) is 31.8 Å². The molecule has 1 aliphatic heterocycles. The number of carbonyl (C=O) groups is 1. The smallest absolute Gasteiger partial charge is 0.286 e. The van der Waals surface area contributed by atoms with Crippen molar-refractivity contribution in [2.75, 3.05) is 13.2 Å². The molecule has 0 radical (unpaired) electrons. The van der Waals surface area contributed by atoms with Gasteiger partial charge in [-0.3, -0.25) is 4.79 Å². The normalized spacial score (nSPS) is 29.1. The minimum Gasteiger partial charge on any atom is -0.488 e. The number of aliphatic hydroxyl groups excluding tert-OH is 1. The zero-order valence-corrected chi connectivity index (χ0v) is 10.2. The first-order valence-corrected chi connectivity index (χ1v) is 6.56. The quantitative estimate of drug-likeness (QED) is 0.781. The predicted octanol–water partition coefficient (Wildman–Crippen LogP) is 1.35. The highest BCUT2D eigenvalue weighted by atomic mass is 16.5. The number of aliphatic hydroxyl groups is 1. The molecule has 2 aliphatic rings. The Morgan fingerprint density at radius 2 is 2.24 bits per heavy atom. The molecular weight excluding hydrogens is 218 g/mol. The molecule has 1 aliphatic carbocycles. The summed E-state index contributed by atoms with van der Waals surface area (Å²) in [6.45, 7) is 0.790. The molecule has 4 nitrogen and oxygen atoms in total. The van der Waals surface area contributed by atoms with E-state index in [1.165, 1.54) is 0 Å². The van der Waals surface area contributed by atoms with Gasteiger partial charge in [0.15, 0.2) is 5.76 Å². The third-order valence-corrected chi connectivity index (χ3v) is 3.62. The fourth-order valence-corrected chi connectivity index (χ4v) is 2.57. The Morgan fingerprint density at radius 1 is 1.41 bits per heavy atom. The molecule has 2 rings (SSSR count). The Bertz CT molecular complexity index is 301. The lowest BCUT2D eigenvalue weighted by atomic mass is 9.85. The molecule has 1 heterocycles.